The number of hydrogen-bond donors (Lipinski definition) is 1. The minimum absolute atomic E-state index is 0.265. The van der Waals surface area contributed by atoms with Crippen molar-refractivity contribution in [1.29, 1.82) is 0 Å². The minimum atomic E-state index is -1.14. The highest BCUT2D eigenvalue weighted by molar-refractivity contribution is 4.94. The highest BCUT2D eigenvalue weighted by Gasteiger charge is 2.47. The summed E-state index contributed by atoms with van der Waals surface area (Å²) >= 11 is 0. The lowest BCUT2D eigenvalue weighted by Crippen LogP contribution is -2.61. The van der Waals surface area contributed by atoms with Crippen molar-refractivity contribution < 1.29 is 28.8 Å². The van der Waals surface area contributed by atoms with Crippen LogP contribution in [0.3, 0.4) is 0 Å². The van der Waals surface area contributed by atoms with Gasteiger partial charge in [-0.1, -0.05) is 18.2 Å². The Kier molecular flexibility index (Phi) is 9.22. The van der Waals surface area contributed by atoms with Gasteiger partial charge in [0.2, 0.25) is 0 Å². The summed E-state index contributed by atoms with van der Waals surface area (Å²) in [6.45, 7) is 12.0. The normalized spacial score (nSPS) is 31.6. The first-order valence-electron chi connectivity index (χ1n) is 7.19. The number of aliphatic hydroxyl groups excluding tert-OH is 1. The SMILES string of the molecule is C=CCO[C@@H]1[C@@H](OCC=C)[C@H](O)O[C@H](COC)[C@@H]1OCC=C. The van der Waals surface area contributed by atoms with Gasteiger partial charge in [0.05, 0.1) is 26.4 Å². The van der Waals surface area contributed by atoms with Crippen LogP contribution in [0.4, 0.5) is 0 Å². The molecule has 0 aromatic heterocycles. The standard InChI is InChI=1S/C16H26O6/c1-5-8-19-13-12(11-18-4)22-16(17)15(21-10-7-3)14(13)20-9-6-2/h5-7,12-17H,1-3,8-11H2,4H3/t12-,13+,14+,15-,16-/m1/s1. The van der Waals surface area contributed by atoms with Crippen LogP contribution in [-0.2, 0) is 23.7 Å². The van der Waals surface area contributed by atoms with E-state index in [1.54, 1.807) is 25.3 Å². The van der Waals surface area contributed by atoms with Crippen LogP contribution in [0.25, 0.3) is 0 Å². The molecule has 6 nitrogen and oxygen atoms in total. The van der Waals surface area contributed by atoms with Crippen LogP contribution in [0.1, 0.15) is 0 Å². The number of aliphatic hydroxyl groups is 1. The summed E-state index contributed by atoms with van der Waals surface area (Å²) < 4.78 is 27.8. The van der Waals surface area contributed by atoms with Gasteiger partial charge in [0.25, 0.3) is 0 Å². The number of rotatable bonds is 11. The van der Waals surface area contributed by atoms with Crippen LogP contribution in [-0.4, -0.2) is 69.3 Å². The molecule has 0 amide bonds. The first kappa shape index (κ1) is 19.0. The summed E-state index contributed by atoms with van der Waals surface area (Å²) in [6, 6.07) is 0. The zero-order valence-electron chi connectivity index (χ0n) is 13.1. The first-order valence-corrected chi connectivity index (χ1v) is 7.19. The van der Waals surface area contributed by atoms with Crippen molar-refractivity contribution in [2.45, 2.75) is 30.7 Å². The topological polar surface area (TPSA) is 66.4 Å². The molecule has 0 saturated carbocycles. The van der Waals surface area contributed by atoms with E-state index >= 15 is 0 Å². The van der Waals surface area contributed by atoms with Crippen molar-refractivity contribution in [3.63, 3.8) is 0 Å². The quantitative estimate of drug-likeness (QED) is 0.575. The Hall–Kier alpha value is -1.02. The van der Waals surface area contributed by atoms with E-state index < -0.39 is 30.7 Å². The molecule has 1 aliphatic rings. The molecular weight excluding hydrogens is 288 g/mol. The third-order valence-corrected chi connectivity index (χ3v) is 3.16. The number of hydrogen-bond acceptors (Lipinski definition) is 6. The van der Waals surface area contributed by atoms with Crippen LogP contribution in [0.15, 0.2) is 38.0 Å². The molecule has 1 aliphatic heterocycles. The van der Waals surface area contributed by atoms with Crippen LogP contribution in [0.5, 0.6) is 0 Å². The summed E-state index contributed by atoms with van der Waals surface area (Å²) in [5.74, 6) is 0. The Morgan fingerprint density at radius 1 is 0.909 bits per heavy atom. The van der Waals surface area contributed by atoms with Gasteiger partial charge >= 0.3 is 0 Å². The second kappa shape index (κ2) is 10.7. The summed E-state index contributed by atoms with van der Waals surface area (Å²) in [4.78, 5) is 0. The van der Waals surface area contributed by atoms with Gasteiger partial charge in [-0.3, -0.25) is 0 Å². The van der Waals surface area contributed by atoms with Gasteiger partial charge in [-0.05, 0) is 0 Å². The Labute approximate surface area is 132 Å². The van der Waals surface area contributed by atoms with Crippen LogP contribution >= 0.6 is 0 Å². The molecule has 1 saturated heterocycles. The fourth-order valence-electron chi connectivity index (χ4n) is 2.30. The molecule has 22 heavy (non-hydrogen) atoms. The van der Waals surface area contributed by atoms with Gasteiger partial charge < -0.3 is 28.8 Å². The molecule has 6 heteroatoms. The van der Waals surface area contributed by atoms with Crippen molar-refractivity contribution >= 4 is 0 Å². The van der Waals surface area contributed by atoms with E-state index in [9.17, 15) is 5.11 Å². The first-order chi connectivity index (χ1) is 10.7. The maximum absolute atomic E-state index is 10.2. The van der Waals surface area contributed by atoms with E-state index in [2.05, 4.69) is 19.7 Å². The van der Waals surface area contributed by atoms with E-state index in [-0.39, 0.29) is 13.2 Å². The van der Waals surface area contributed by atoms with Crippen LogP contribution in [0, 0.1) is 0 Å². The fourth-order valence-corrected chi connectivity index (χ4v) is 2.30. The molecule has 0 aromatic carbocycles. The van der Waals surface area contributed by atoms with Gasteiger partial charge in [0, 0.05) is 7.11 Å². The average Bonchev–Trinajstić information content (AvgIpc) is 2.51. The second-order valence-corrected chi connectivity index (χ2v) is 4.78. The summed E-state index contributed by atoms with van der Waals surface area (Å²) in [7, 11) is 1.56. The van der Waals surface area contributed by atoms with Crippen molar-refractivity contribution in [3.8, 4) is 0 Å². The van der Waals surface area contributed by atoms with Gasteiger partial charge in [-0.2, -0.15) is 0 Å². The zero-order chi connectivity index (χ0) is 16.4. The van der Waals surface area contributed by atoms with Gasteiger partial charge in [-0.15, -0.1) is 19.7 Å². The molecule has 1 heterocycles. The molecule has 1 fully saturated rings. The largest absolute Gasteiger partial charge is 0.382 e. The van der Waals surface area contributed by atoms with E-state index in [4.69, 9.17) is 23.7 Å². The highest BCUT2D eigenvalue weighted by atomic mass is 16.7. The molecule has 5 atom stereocenters. The molecule has 0 bridgehead atoms. The van der Waals surface area contributed by atoms with Crippen LogP contribution in [0.2, 0.25) is 0 Å². The number of ether oxygens (including phenoxy) is 5. The predicted molar refractivity (Wildman–Crippen MR) is 82.6 cm³/mol. The van der Waals surface area contributed by atoms with Crippen molar-refractivity contribution in [2.24, 2.45) is 0 Å². The monoisotopic (exact) mass is 314 g/mol. The van der Waals surface area contributed by atoms with E-state index in [0.29, 0.717) is 13.2 Å². The summed E-state index contributed by atoms with van der Waals surface area (Å²) in [5.41, 5.74) is 0. The lowest BCUT2D eigenvalue weighted by atomic mass is 9.98. The number of methoxy groups -OCH3 is 1. The van der Waals surface area contributed by atoms with Crippen molar-refractivity contribution in [2.75, 3.05) is 33.5 Å². The van der Waals surface area contributed by atoms with Crippen molar-refractivity contribution in [1.82, 2.24) is 0 Å². The Morgan fingerprint density at radius 3 is 1.91 bits per heavy atom. The van der Waals surface area contributed by atoms with E-state index in [0.717, 1.165) is 0 Å². The highest BCUT2D eigenvalue weighted by Crippen LogP contribution is 2.27. The zero-order valence-corrected chi connectivity index (χ0v) is 13.1. The minimum Gasteiger partial charge on any atom is -0.382 e. The van der Waals surface area contributed by atoms with Crippen molar-refractivity contribution in [3.05, 3.63) is 38.0 Å². The molecule has 0 spiro atoms. The molecule has 0 aliphatic carbocycles. The lowest BCUT2D eigenvalue weighted by molar-refractivity contribution is -0.307. The third kappa shape index (κ3) is 5.31. The fraction of sp³-hybridized carbons (Fsp3) is 0.625. The lowest BCUT2D eigenvalue weighted by Gasteiger charge is -2.44. The smallest absolute Gasteiger partial charge is 0.184 e. The second-order valence-electron chi connectivity index (χ2n) is 4.78. The molecule has 126 valence electrons. The maximum Gasteiger partial charge on any atom is 0.184 e. The predicted octanol–water partition coefficient (Wildman–Crippen LogP) is 1.06. The Bertz CT molecular complexity index is 346. The Balaban J connectivity index is 2.93. The molecule has 0 radical (unpaired) electrons. The summed E-state index contributed by atoms with van der Waals surface area (Å²) in [5, 5.41) is 10.2. The van der Waals surface area contributed by atoms with Crippen LogP contribution < -0.4 is 0 Å². The van der Waals surface area contributed by atoms with E-state index in [1.807, 2.05) is 0 Å². The maximum atomic E-state index is 10.2. The molecule has 1 N–H and O–H groups in total. The summed E-state index contributed by atoms with van der Waals surface area (Å²) in [6.07, 6.45) is 1.56. The molecule has 0 aromatic rings. The van der Waals surface area contributed by atoms with Gasteiger partial charge in [0.1, 0.15) is 24.4 Å². The van der Waals surface area contributed by atoms with E-state index in [1.165, 1.54) is 0 Å². The molecular formula is C16H26O6. The molecule has 1 rings (SSSR count). The molecule has 0 unspecified atom stereocenters. The third-order valence-electron chi connectivity index (χ3n) is 3.16. The Morgan fingerprint density at radius 2 is 1.41 bits per heavy atom. The van der Waals surface area contributed by atoms with Gasteiger partial charge in [0.15, 0.2) is 6.29 Å². The average molecular weight is 314 g/mol. The van der Waals surface area contributed by atoms with Gasteiger partial charge in [-0.25, -0.2) is 0 Å².